The Hall–Kier alpha value is -1.07. The fraction of sp³-hybridized carbons (Fsp3) is 0.462. The number of anilines is 1. The third-order valence-corrected chi connectivity index (χ3v) is 3.88. The van der Waals surface area contributed by atoms with Gasteiger partial charge in [-0.05, 0) is 28.1 Å². The molecule has 18 heavy (non-hydrogen) atoms. The van der Waals surface area contributed by atoms with Crippen molar-refractivity contribution in [1.82, 2.24) is 4.90 Å². The minimum absolute atomic E-state index is 0.231. The van der Waals surface area contributed by atoms with E-state index in [1.54, 1.807) is 0 Å². The number of nitrogens with zero attached hydrogens (tertiary/aromatic N) is 2. The first kappa shape index (κ1) is 13.4. The van der Waals surface area contributed by atoms with Gasteiger partial charge in [0, 0.05) is 37.2 Å². The number of hydrogen-bond donors (Lipinski definition) is 1. The van der Waals surface area contributed by atoms with Crippen LogP contribution in [-0.4, -0.2) is 48.7 Å². The summed E-state index contributed by atoms with van der Waals surface area (Å²) < 4.78 is 1.11. The van der Waals surface area contributed by atoms with Crippen LogP contribution in [0.25, 0.3) is 0 Å². The van der Waals surface area contributed by atoms with Crippen LogP contribution < -0.4 is 4.90 Å². The molecule has 98 valence electrons. The third kappa shape index (κ3) is 3.46. The summed E-state index contributed by atoms with van der Waals surface area (Å²) in [5.41, 5.74) is 1.22. The molecule has 2 rings (SSSR count). The quantitative estimate of drug-likeness (QED) is 0.924. The summed E-state index contributed by atoms with van der Waals surface area (Å²) in [6.07, 6.45) is 0.231. The molecule has 0 unspecified atom stereocenters. The minimum atomic E-state index is -0.719. The lowest BCUT2D eigenvalue weighted by Crippen LogP contribution is -2.47. The Morgan fingerprint density at radius 1 is 1.22 bits per heavy atom. The Morgan fingerprint density at radius 2 is 1.89 bits per heavy atom. The van der Waals surface area contributed by atoms with Crippen molar-refractivity contribution in [1.29, 1.82) is 0 Å². The first-order valence-corrected chi connectivity index (χ1v) is 6.90. The first-order valence-electron chi connectivity index (χ1n) is 6.10. The van der Waals surface area contributed by atoms with Crippen molar-refractivity contribution in [3.05, 3.63) is 28.7 Å². The van der Waals surface area contributed by atoms with Crippen molar-refractivity contribution in [2.45, 2.75) is 6.42 Å². The van der Waals surface area contributed by atoms with E-state index in [1.165, 1.54) is 5.69 Å². The number of piperazine rings is 1. The minimum Gasteiger partial charge on any atom is -0.481 e. The molecule has 0 aromatic heterocycles. The molecule has 1 N–H and O–H groups in total. The topological polar surface area (TPSA) is 43.8 Å². The smallest absolute Gasteiger partial charge is 0.304 e. The van der Waals surface area contributed by atoms with E-state index in [0.717, 1.165) is 30.7 Å². The van der Waals surface area contributed by atoms with Crippen LogP contribution in [-0.2, 0) is 4.79 Å². The van der Waals surface area contributed by atoms with Crippen molar-refractivity contribution in [2.75, 3.05) is 37.6 Å². The zero-order valence-electron chi connectivity index (χ0n) is 10.2. The summed E-state index contributed by atoms with van der Waals surface area (Å²) >= 11 is 3.56. The molecule has 0 atom stereocenters. The highest BCUT2D eigenvalue weighted by atomic mass is 79.9. The fourth-order valence-corrected chi connectivity index (χ4v) is 2.71. The lowest BCUT2D eigenvalue weighted by Gasteiger charge is -2.36. The van der Waals surface area contributed by atoms with Crippen molar-refractivity contribution in [2.24, 2.45) is 0 Å². The zero-order chi connectivity index (χ0) is 13.0. The van der Waals surface area contributed by atoms with Gasteiger partial charge in [0.1, 0.15) is 0 Å². The molecule has 0 spiro atoms. The Bertz CT molecular complexity index is 417. The van der Waals surface area contributed by atoms with Gasteiger partial charge >= 0.3 is 5.97 Å². The van der Waals surface area contributed by atoms with Crippen LogP contribution in [0.1, 0.15) is 6.42 Å². The third-order valence-electron chi connectivity index (χ3n) is 3.21. The van der Waals surface area contributed by atoms with E-state index in [-0.39, 0.29) is 6.42 Å². The van der Waals surface area contributed by atoms with Crippen LogP contribution in [0.4, 0.5) is 5.69 Å². The number of hydrogen-bond acceptors (Lipinski definition) is 3. The molecule has 0 saturated carbocycles. The van der Waals surface area contributed by atoms with Crippen LogP contribution in [0.2, 0.25) is 0 Å². The van der Waals surface area contributed by atoms with Gasteiger partial charge in [-0.1, -0.05) is 12.1 Å². The van der Waals surface area contributed by atoms with Gasteiger partial charge in [0.25, 0.3) is 0 Å². The largest absolute Gasteiger partial charge is 0.481 e. The maximum absolute atomic E-state index is 10.5. The van der Waals surface area contributed by atoms with Gasteiger partial charge in [0.2, 0.25) is 0 Å². The van der Waals surface area contributed by atoms with E-state index in [1.807, 2.05) is 18.2 Å². The number of rotatable bonds is 4. The summed E-state index contributed by atoms with van der Waals surface area (Å²) in [5.74, 6) is -0.719. The molecule has 1 aromatic carbocycles. The number of carboxylic acids is 1. The molecule has 1 aliphatic rings. The maximum Gasteiger partial charge on any atom is 0.304 e. The molecule has 0 radical (unpaired) electrons. The molecular formula is C13H17BrN2O2. The molecule has 0 amide bonds. The summed E-state index contributed by atoms with van der Waals surface area (Å²) in [4.78, 5) is 15.1. The van der Waals surface area contributed by atoms with Crippen molar-refractivity contribution < 1.29 is 9.90 Å². The molecule has 0 bridgehead atoms. The monoisotopic (exact) mass is 312 g/mol. The molecule has 0 aliphatic carbocycles. The van der Waals surface area contributed by atoms with Crippen molar-refractivity contribution in [3.8, 4) is 0 Å². The number of para-hydroxylation sites is 1. The molecule has 5 heteroatoms. The van der Waals surface area contributed by atoms with Crippen LogP contribution in [0, 0.1) is 0 Å². The number of carboxylic acid groups (broad SMARTS) is 1. The first-order chi connectivity index (χ1) is 8.66. The molecule has 1 saturated heterocycles. The van der Waals surface area contributed by atoms with E-state index < -0.39 is 5.97 Å². The van der Waals surface area contributed by atoms with Gasteiger partial charge in [-0.15, -0.1) is 0 Å². The fourth-order valence-electron chi connectivity index (χ4n) is 2.17. The lowest BCUT2D eigenvalue weighted by atomic mass is 10.2. The molecule has 1 heterocycles. The Balaban J connectivity index is 1.87. The summed E-state index contributed by atoms with van der Waals surface area (Å²) in [5, 5.41) is 8.67. The Labute approximate surface area is 115 Å². The zero-order valence-corrected chi connectivity index (χ0v) is 11.8. The van der Waals surface area contributed by atoms with Crippen LogP contribution >= 0.6 is 15.9 Å². The van der Waals surface area contributed by atoms with E-state index in [4.69, 9.17) is 5.11 Å². The number of benzene rings is 1. The highest BCUT2D eigenvalue weighted by Gasteiger charge is 2.18. The van der Waals surface area contributed by atoms with E-state index in [0.29, 0.717) is 6.54 Å². The summed E-state index contributed by atoms with van der Waals surface area (Å²) in [6.45, 7) is 4.40. The molecule has 1 aromatic rings. The highest BCUT2D eigenvalue weighted by molar-refractivity contribution is 9.10. The van der Waals surface area contributed by atoms with E-state index >= 15 is 0 Å². The molecule has 1 aliphatic heterocycles. The molecular weight excluding hydrogens is 296 g/mol. The second kappa shape index (κ2) is 6.20. The van der Waals surface area contributed by atoms with Gasteiger partial charge in [-0.2, -0.15) is 0 Å². The van der Waals surface area contributed by atoms with Crippen molar-refractivity contribution in [3.63, 3.8) is 0 Å². The summed E-state index contributed by atoms with van der Waals surface area (Å²) in [6, 6.07) is 8.21. The van der Waals surface area contributed by atoms with E-state index in [9.17, 15) is 4.79 Å². The van der Waals surface area contributed by atoms with Gasteiger partial charge < -0.3 is 10.0 Å². The average molecular weight is 313 g/mol. The van der Waals surface area contributed by atoms with Crippen LogP contribution in [0.15, 0.2) is 28.7 Å². The predicted molar refractivity (Wildman–Crippen MR) is 75.0 cm³/mol. The summed E-state index contributed by atoms with van der Waals surface area (Å²) in [7, 11) is 0. The lowest BCUT2D eigenvalue weighted by molar-refractivity contribution is -0.137. The predicted octanol–water partition coefficient (Wildman–Crippen LogP) is 2.05. The standard InChI is InChI=1S/C13H17BrN2O2/c14-11-3-1-2-4-12(11)16-9-7-15(8-10-16)6-5-13(17)18/h1-4H,5-10H2,(H,17,18). The normalized spacial score (nSPS) is 16.8. The second-order valence-electron chi connectivity index (χ2n) is 4.42. The molecule has 1 fully saturated rings. The van der Waals surface area contributed by atoms with Crippen LogP contribution in [0.3, 0.4) is 0 Å². The Kier molecular flexibility index (Phi) is 4.60. The number of carbonyl (C=O) groups is 1. The number of halogens is 1. The number of aliphatic carboxylic acids is 1. The van der Waals surface area contributed by atoms with Gasteiger partial charge in [-0.25, -0.2) is 0 Å². The average Bonchev–Trinajstić information content (AvgIpc) is 2.38. The maximum atomic E-state index is 10.5. The van der Waals surface area contributed by atoms with Gasteiger partial charge in [-0.3, -0.25) is 9.69 Å². The highest BCUT2D eigenvalue weighted by Crippen LogP contribution is 2.26. The Morgan fingerprint density at radius 3 is 2.50 bits per heavy atom. The van der Waals surface area contributed by atoms with Crippen molar-refractivity contribution >= 4 is 27.6 Å². The van der Waals surface area contributed by atoms with Gasteiger partial charge in [0.05, 0.1) is 12.1 Å². The SMILES string of the molecule is O=C(O)CCN1CCN(c2ccccc2Br)CC1. The second-order valence-corrected chi connectivity index (χ2v) is 5.28. The van der Waals surface area contributed by atoms with Gasteiger partial charge in [0.15, 0.2) is 0 Å². The van der Waals surface area contributed by atoms with E-state index in [2.05, 4.69) is 31.8 Å². The molecule has 4 nitrogen and oxygen atoms in total. The van der Waals surface area contributed by atoms with Crippen LogP contribution in [0.5, 0.6) is 0 Å².